The fourth-order valence-electron chi connectivity index (χ4n) is 10.9. The summed E-state index contributed by atoms with van der Waals surface area (Å²) >= 11 is 0. The van der Waals surface area contributed by atoms with Crippen LogP contribution in [0.4, 0.5) is 17.1 Å². The van der Waals surface area contributed by atoms with Crippen LogP contribution in [0.3, 0.4) is 0 Å². The van der Waals surface area contributed by atoms with Crippen LogP contribution in [0, 0.1) is 10.3 Å². The molecule has 17 heteroatoms. The number of aromatic nitrogens is 2. The number of amides is 1. The molecule has 1 amide bonds. The fraction of sp³-hybridized carbons (Fsp3) is 0.449. The first-order chi connectivity index (χ1) is 31.8. The highest BCUT2D eigenvalue weighted by atomic mass is 32.2. The Balaban J connectivity index is 0.848. The van der Waals surface area contributed by atoms with Crippen molar-refractivity contribution in [1.29, 1.82) is 0 Å². The van der Waals surface area contributed by atoms with Crippen molar-refractivity contribution < 1.29 is 27.5 Å². The number of hydrogen-bond acceptors (Lipinski definition) is 14. The highest BCUT2D eigenvalue weighted by Crippen LogP contribution is 2.54. The lowest BCUT2D eigenvalue weighted by Gasteiger charge is -2.56. The number of nitrogens with one attached hydrogen (secondary N) is 3. The first-order valence-electron chi connectivity index (χ1n) is 23.2. The second-order valence-corrected chi connectivity index (χ2v) is 20.8. The Labute approximate surface area is 385 Å². The van der Waals surface area contributed by atoms with Crippen LogP contribution in [0.5, 0.6) is 17.2 Å². The van der Waals surface area contributed by atoms with Crippen molar-refractivity contribution in [1.82, 2.24) is 29.4 Å². The molecule has 4 fully saturated rings. The predicted octanol–water partition coefficient (Wildman–Crippen LogP) is 7.53. The number of anilines is 2. The number of rotatable bonds is 12. The molecule has 3 N–H and O–H groups in total. The molecule has 6 heterocycles. The monoisotopic (exact) mass is 915 g/mol. The summed E-state index contributed by atoms with van der Waals surface area (Å²) in [5, 5.41) is 6.91. The normalized spacial score (nSPS) is 21.6. The van der Waals surface area contributed by atoms with E-state index in [1.165, 1.54) is 36.8 Å². The van der Waals surface area contributed by atoms with Gasteiger partial charge in [-0.05, 0) is 110 Å². The molecule has 3 saturated heterocycles. The van der Waals surface area contributed by atoms with Gasteiger partial charge in [0.25, 0.3) is 15.9 Å². The molecule has 16 nitrogen and oxygen atoms in total. The van der Waals surface area contributed by atoms with E-state index < -0.39 is 32.8 Å². The molecule has 4 aliphatic heterocycles. The lowest BCUT2D eigenvalue weighted by molar-refractivity contribution is -0.136. The van der Waals surface area contributed by atoms with E-state index in [4.69, 9.17) is 9.47 Å². The van der Waals surface area contributed by atoms with Crippen molar-refractivity contribution in [2.24, 2.45) is 10.6 Å². The van der Waals surface area contributed by atoms with Crippen LogP contribution in [0.25, 0.3) is 11.0 Å². The molecule has 5 aliphatic rings. The van der Waals surface area contributed by atoms with E-state index in [0.29, 0.717) is 41.4 Å². The van der Waals surface area contributed by atoms with Gasteiger partial charge in [0.2, 0.25) is 0 Å². The molecule has 66 heavy (non-hydrogen) atoms. The Morgan fingerprint density at radius 3 is 2.56 bits per heavy atom. The lowest BCUT2D eigenvalue weighted by Crippen LogP contribution is -2.54. The molecule has 1 spiro atoms. The second kappa shape index (κ2) is 17.7. The largest absolute Gasteiger partial charge is 0.455 e. The smallest absolute Gasteiger partial charge is 0.335 e. The number of piperidine rings is 1. The number of nitrogens with zero attached hydrogens (tertiary/aromatic N) is 6. The van der Waals surface area contributed by atoms with Gasteiger partial charge in [-0.25, -0.2) is 22.9 Å². The van der Waals surface area contributed by atoms with Crippen LogP contribution in [0.2, 0.25) is 0 Å². The van der Waals surface area contributed by atoms with Crippen molar-refractivity contribution in [3.8, 4) is 17.2 Å². The zero-order chi connectivity index (χ0) is 45.7. The summed E-state index contributed by atoms with van der Waals surface area (Å²) in [7, 11) is -2.60. The van der Waals surface area contributed by atoms with E-state index in [9.17, 15) is 22.9 Å². The molecule has 0 bridgehead atoms. The number of carbonyl (C=O) groups excluding carboxylic acids is 2. The summed E-state index contributed by atoms with van der Waals surface area (Å²) in [6, 6.07) is 20.2. The molecule has 0 radical (unpaired) electrons. The number of carbonyl (C=O) groups is 2. The van der Waals surface area contributed by atoms with Gasteiger partial charge in [0, 0.05) is 87.3 Å². The number of pyridine rings is 1. The lowest BCUT2D eigenvalue weighted by atomic mass is 9.59. The molecule has 346 valence electrons. The zero-order valence-electron chi connectivity index (χ0n) is 37.7. The van der Waals surface area contributed by atoms with Gasteiger partial charge in [0.05, 0.1) is 16.7 Å². The molecule has 0 unspecified atom stereocenters. The molecule has 10 rings (SSSR count). The number of likely N-dealkylation sites (N-methyl/N-ethyl adjacent to an activating group) is 1. The number of piperazine rings is 1. The Hall–Kier alpha value is -5.88. The third kappa shape index (κ3) is 8.64. The van der Waals surface area contributed by atoms with Crippen LogP contribution < -0.4 is 24.4 Å². The van der Waals surface area contributed by atoms with Crippen molar-refractivity contribution in [2.45, 2.75) is 81.3 Å². The van der Waals surface area contributed by atoms with Gasteiger partial charge < -0.3 is 29.6 Å². The van der Waals surface area contributed by atoms with Gasteiger partial charge in [-0.2, -0.15) is 0 Å². The minimum atomic E-state index is -4.64. The number of H-pyrrole nitrogens is 1. The molecular formula is C49H57N9O7S. The highest BCUT2D eigenvalue weighted by Gasteiger charge is 2.50. The van der Waals surface area contributed by atoms with Crippen molar-refractivity contribution >= 4 is 50.0 Å². The maximum absolute atomic E-state index is 14.1. The number of nitroso groups, excluding NO2 is 1. The predicted molar refractivity (Wildman–Crippen MR) is 252 cm³/mol. The summed E-state index contributed by atoms with van der Waals surface area (Å²) in [5.74, 6) is -0.747. The highest BCUT2D eigenvalue weighted by molar-refractivity contribution is 7.90. The quantitative estimate of drug-likeness (QED) is 0.0636. The third-order valence-electron chi connectivity index (χ3n) is 14.6. The van der Waals surface area contributed by atoms with Crippen molar-refractivity contribution in [3.05, 3.63) is 101 Å². The van der Waals surface area contributed by atoms with Gasteiger partial charge >= 0.3 is 5.97 Å². The molecule has 2 aromatic heterocycles. The van der Waals surface area contributed by atoms with Gasteiger partial charge in [-0.3, -0.25) is 14.6 Å². The van der Waals surface area contributed by atoms with E-state index >= 15 is 0 Å². The topological polar surface area (TPSA) is 182 Å². The Bertz CT molecular complexity index is 2770. The van der Waals surface area contributed by atoms with Gasteiger partial charge in [0.1, 0.15) is 34.6 Å². The zero-order valence-corrected chi connectivity index (χ0v) is 38.5. The van der Waals surface area contributed by atoms with Gasteiger partial charge in [-0.15, -0.1) is 4.91 Å². The minimum absolute atomic E-state index is 0.0300. The number of esters is 1. The molecule has 3 aromatic carbocycles. The van der Waals surface area contributed by atoms with Gasteiger partial charge in [-0.1, -0.05) is 38.1 Å². The Morgan fingerprint density at radius 1 is 1.00 bits per heavy atom. The van der Waals surface area contributed by atoms with Crippen LogP contribution in [-0.2, 0) is 14.8 Å². The molecule has 1 aliphatic carbocycles. The van der Waals surface area contributed by atoms with Crippen molar-refractivity contribution in [3.63, 3.8) is 0 Å². The average Bonchev–Trinajstić information content (AvgIpc) is 3.99. The number of hydrogen-bond donors (Lipinski definition) is 3. The van der Waals surface area contributed by atoms with Crippen LogP contribution >= 0.6 is 0 Å². The van der Waals surface area contributed by atoms with E-state index in [1.807, 2.05) is 19.2 Å². The fourth-order valence-corrected chi connectivity index (χ4v) is 11.9. The van der Waals surface area contributed by atoms with E-state index in [0.717, 1.165) is 81.9 Å². The SMILES string of the molecule is CC(C)c1ccccc1[C@@H]1CCCN1C1CC2(CCN(c3ccc(C(=O)NS(=O)(=O)c4cc(N=O)c5c(c4)OC(=O)[C@H](CN4CCN(C)CC4)N5)c(Oc4cnc5[nH]ccc5c4)c3)CC2)C1. The summed E-state index contributed by atoms with van der Waals surface area (Å²) in [5.41, 5.74) is 4.59. The summed E-state index contributed by atoms with van der Waals surface area (Å²) in [4.78, 5) is 55.8. The van der Waals surface area contributed by atoms with E-state index in [-0.39, 0.29) is 28.4 Å². The third-order valence-corrected chi connectivity index (χ3v) is 15.9. The summed E-state index contributed by atoms with van der Waals surface area (Å²) < 4.78 is 42.0. The number of aromatic amines is 1. The maximum atomic E-state index is 14.1. The summed E-state index contributed by atoms with van der Waals surface area (Å²) in [6.07, 6.45) is 10.2. The van der Waals surface area contributed by atoms with Crippen LogP contribution in [0.1, 0.15) is 85.8 Å². The van der Waals surface area contributed by atoms with Crippen LogP contribution in [0.15, 0.2) is 89.2 Å². The van der Waals surface area contributed by atoms with Gasteiger partial charge in [0.15, 0.2) is 5.75 Å². The molecule has 2 atom stereocenters. The Morgan fingerprint density at radius 2 is 1.79 bits per heavy atom. The maximum Gasteiger partial charge on any atom is 0.335 e. The summed E-state index contributed by atoms with van der Waals surface area (Å²) in [6.45, 7) is 10.9. The first kappa shape index (κ1) is 44.0. The number of ether oxygens (including phenoxy) is 2. The Kier molecular flexibility index (Phi) is 11.8. The number of likely N-dealkylation sites (tertiary alicyclic amines) is 1. The van der Waals surface area contributed by atoms with E-state index in [2.05, 4.69) is 82.9 Å². The standard InChI is InChI=1S/C49H57N9O7S/c1-31(2)37-7-4-5-8-38(37)42-9-6-16-58(42)34-27-49(28-34)13-17-57(18-14-49)33-10-11-39(43(24-33)64-35-23-32-12-15-50-46(32)51-29-35)47(59)54-66(62,63)36-25-40(53-61)45-44(26-36)65-48(60)41(52-45)30-56-21-19-55(3)20-22-56/h4-5,7-8,10-12,15,23-26,29,31,34,41-42,52H,6,9,13-14,16-22,27-28,30H2,1-3H3,(H,50,51)(H,54,59)/t41-,42-/m0/s1. The first-order valence-corrected chi connectivity index (χ1v) is 24.7. The average molecular weight is 916 g/mol. The number of benzene rings is 3. The van der Waals surface area contributed by atoms with Crippen LogP contribution in [-0.4, -0.2) is 116 Å². The molecular weight excluding hydrogens is 859 g/mol. The minimum Gasteiger partial charge on any atom is -0.455 e. The molecule has 5 aromatic rings. The molecule has 1 saturated carbocycles. The second-order valence-electron chi connectivity index (χ2n) is 19.2. The number of sulfonamides is 1. The van der Waals surface area contributed by atoms with E-state index in [1.54, 1.807) is 30.6 Å². The van der Waals surface area contributed by atoms with Crippen molar-refractivity contribution in [2.75, 3.05) is 69.6 Å². The number of fused-ring (bicyclic) bond motifs is 2.